The Labute approximate surface area is 136 Å². The number of phenols is 1. The van der Waals surface area contributed by atoms with Gasteiger partial charge in [-0.1, -0.05) is 24.3 Å². The zero-order valence-electron chi connectivity index (χ0n) is 12.7. The number of methoxy groups -OCH3 is 1. The lowest BCUT2D eigenvalue weighted by Crippen LogP contribution is -1.97. The monoisotopic (exact) mass is 321 g/mol. The summed E-state index contributed by atoms with van der Waals surface area (Å²) in [5.41, 5.74) is 0.747. The van der Waals surface area contributed by atoms with Crippen molar-refractivity contribution < 1.29 is 14.2 Å². The molecule has 0 amide bonds. The van der Waals surface area contributed by atoms with Crippen molar-refractivity contribution in [2.24, 2.45) is 0 Å². The molecule has 0 aliphatic heterocycles. The molecule has 6 heteroatoms. The highest BCUT2D eigenvalue weighted by Gasteiger charge is 2.16. The molecular formula is C18H12FN3O2. The third-order valence-electron chi connectivity index (χ3n) is 3.83. The van der Waals surface area contributed by atoms with Crippen LogP contribution in [-0.2, 0) is 0 Å². The number of pyridine rings is 1. The van der Waals surface area contributed by atoms with Crippen LogP contribution in [0, 0.1) is 5.82 Å². The van der Waals surface area contributed by atoms with E-state index in [0.29, 0.717) is 10.9 Å². The Morgan fingerprint density at radius 1 is 1.04 bits per heavy atom. The Morgan fingerprint density at radius 2 is 1.83 bits per heavy atom. The first-order chi connectivity index (χ1) is 11.7. The fourth-order valence-electron chi connectivity index (χ4n) is 2.72. The second-order valence-electron chi connectivity index (χ2n) is 5.30. The summed E-state index contributed by atoms with van der Waals surface area (Å²) >= 11 is 0. The molecule has 5 nitrogen and oxygen atoms in total. The van der Waals surface area contributed by atoms with Crippen molar-refractivity contribution in [3.63, 3.8) is 0 Å². The van der Waals surface area contributed by atoms with E-state index in [-0.39, 0.29) is 23.0 Å². The fourth-order valence-corrected chi connectivity index (χ4v) is 2.72. The van der Waals surface area contributed by atoms with Gasteiger partial charge in [-0.05, 0) is 22.9 Å². The molecule has 0 bridgehead atoms. The lowest BCUT2D eigenvalue weighted by Gasteiger charge is -2.10. The molecule has 4 rings (SSSR count). The number of benzene rings is 2. The molecule has 0 aliphatic rings. The van der Waals surface area contributed by atoms with Gasteiger partial charge in [-0.2, -0.15) is 4.98 Å². The number of hydrogen-bond donors (Lipinski definition) is 1. The number of rotatable bonds is 2. The number of halogens is 1. The minimum atomic E-state index is -0.580. The summed E-state index contributed by atoms with van der Waals surface area (Å²) in [6.45, 7) is 0. The Bertz CT molecular complexity index is 1080. The van der Waals surface area contributed by atoms with Crippen molar-refractivity contribution in [1.29, 1.82) is 0 Å². The first-order valence-electron chi connectivity index (χ1n) is 7.25. The average Bonchev–Trinajstić information content (AvgIpc) is 2.61. The third kappa shape index (κ3) is 2.20. The zero-order chi connectivity index (χ0) is 16.7. The Balaban J connectivity index is 2.05. The summed E-state index contributed by atoms with van der Waals surface area (Å²) in [6, 6.07) is 10.6. The van der Waals surface area contributed by atoms with E-state index in [1.165, 1.54) is 25.6 Å². The van der Waals surface area contributed by atoms with Gasteiger partial charge in [0.15, 0.2) is 5.82 Å². The predicted molar refractivity (Wildman–Crippen MR) is 88.4 cm³/mol. The highest BCUT2D eigenvalue weighted by atomic mass is 19.1. The SMILES string of the molecule is COc1ncc2cnc(-c3cc(O)cc4ccccc34)c(F)c2n1. The molecule has 1 N–H and O–H groups in total. The van der Waals surface area contributed by atoms with Crippen LogP contribution in [-0.4, -0.2) is 27.2 Å². The van der Waals surface area contributed by atoms with E-state index in [0.717, 1.165) is 10.8 Å². The molecule has 118 valence electrons. The summed E-state index contributed by atoms with van der Waals surface area (Å²) in [5, 5.41) is 12.0. The number of aromatic nitrogens is 3. The Hall–Kier alpha value is -3.28. The van der Waals surface area contributed by atoms with Gasteiger partial charge in [-0.25, -0.2) is 9.37 Å². The molecule has 0 radical (unpaired) electrons. The molecule has 0 saturated heterocycles. The molecule has 2 aromatic carbocycles. The molecule has 0 spiro atoms. The summed E-state index contributed by atoms with van der Waals surface area (Å²) < 4.78 is 20.0. The lowest BCUT2D eigenvalue weighted by atomic mass is 10.0. The van der Waals surface area contributed by atoms with Gasteiger partial charge < -0.3 is 9.84 Å². The second kappa shape index (κ2) is 5.42. The standard InChI is InChI=1S/C18H12FN3O2/c1-24-18-21-9-11-8-20-17(15(19)16(11)22-18)14-7-12(23)6-10-4-2-3-5-13(10)14/h2-9,23H,1H3. The summed E-state index contributed by atoms with van der Waals surface area (Å²) in [4.78, 5) is 12.2. The van der Waals surface area contributed by atoms with Crippen molar-refractivity contribution in [3.05, 3.63) is 54.6 Å². The quantitative estimate of drug-likeness (QED) is 0.610. The van der Waals surface area contributed by atoms with Crippen LogP contribution in [0.5, 0.6) is 11.8 Å². The van der Waals surface area contributed by atoms with Gasteiger partial charge in [-0.15, -0.1) is 0 Å². The zero-order valence-corrected chi connectivity index (χ0v) is 12.7. The molecule has 0 unspecified atom stereocenters. The number of fused-ring (bicyclic) bond motifs is 2. The molecule has 4 aromatic rings. The highest BCUT2D eigenvalue weighted by Crippen LogP contribution is 2.34. The highest BCUT2D eigenvalue weighted by molar-refractivity contribution is 5.98. The first-order valence-corrected chi connectivity index (χ1v) is 7.25. The fraction of sp³-hybridized carbons (Fsp3) is 0.0556. The van der Waals surface area contributed by atoms with Crippen molar-refractivity contribution in [2.45, 2.75) is 0 Å². The number of ether oxygens (including phenoxy) is 1. The van der Waals surface area contributed by atoms with Gasteiger partial charge in [-0.3, -0.25) is 4.98 Å². The normalized spacial score (nSPS) is 11.1. The Kier molecular flexibility index (Phi) is 3.23. The largest absolute Gasteiger partial charge is 0.508 e. The van der Waals surface area contributed by atoms with Crippen LogP contribution in [0.1, 0.15) is 0 Å². The van der Waals surface area contributed by atoms with E-state index < -0.39 is 5.82 Å². The van der Waals surface area contributed by atoms with Crippen LogP contribution >= 0.6 is 0 Å². The minimum absolute atomic E-state index is 0.0465. The van der Waals surface area contributed by atoms with E-state index in [9.17, 15) is 5.11 Å². The van der Waals surface area contributed by atoms with Gasteiger partial charge in [0.2, 0.25) is 0 Å². The minimum Gasteiger partial charge on any atom is -0.508 e. The smallest absolute Gasteiger partial charge is 0.316 e. The van der Waals surface area contributed by atoms with Gasteiger partial charge in [0, 0.05) is 23.3 Å². The summed E-state index contributed by atoms with van der Waals surface area (Å²) in [6.07, 6.45) is 2.97. The van der Waals surface area contributed by atoms with Gasteiger partial charge in [0.1, 0.15) is 17.0 Å². The Morgan fingerprint density at radius 3 is 2.67 bits per heavy atom. The van der Waals surface area contributed by atoms with Crippen LogP contribution in [0.15, 0.2) is 48.8 Å². The van der Waals surface area contributed by atoms with Crippen LogP contribution in [0.2, 0.25) is 0 Å². The van der Waals surface area contributed by atoms with Crippen molar-refractivity contribution >= 4 is 21.7 Å². The van der Waals surface area contributed by atoms with Crippen LogP contribution in [0.25, 0.3) is 32.9 Å². The topological polar surface area (TPSA) is 68.1 Å². The maximum absolute atomic E-state index is 15.0. The van der Waals surface area contributed by atoms with Crippen molar-refractivity contribution in [2.75, 3.05) is 7.11 Å². The van der Waals surface area contributed by atoms with Gasteiger partial charge >= 0.3 is 6.01 Å². The summed E-state index contributed by atoms with van der Waals surface area (Å²) in [7, 11) is 1.42. The van der Waals surface area contributed by atoms with E-state index in [2.05, 4.69) is 15.0 Å². The maximum Gasteiger partial charge on any atom is 0.316 e. The van der Waals surface area contributed by atoms with Crippen molar-refractivity contribution in [3.8, 4) is 23.0 Å². The first kappa shape index (κ1) is 14.3. The van der Waals surface area contributed by atoms with E-state index in [4.69, 9.17) is 4.74 Å². The van der Waals surface area contributed by atoms with Crippen molar-refractivity contribution in [1.82, 2.24) is 15.0 Å². The molecular weight excluding hydrogens is 309 g/mol. The number of aromatic hydroxyl groups is 1. The van der Waals surface area contributed by atoms with E-state index >= 15 is 4.39 Å². The maximum atomic E-state index is 15.0. The molecule has 24 heavy (non-hydrogen) atoms. The van der Waals surface area contributed by atoms with Gasteiger partial charge in [0.25, 0.3) is 0 Å². The molecule has 0 fully saturated rings. The van der Waals surface area contributed by atoms with Gasteiger partial charge in [0.05, 0.1) is 7.11 Å². The molecule has 2 aromatic heterocycles. The van der Waals surface area contributed by atoms with Crippen LogP contribution in [0.4, 0.5) is 4.39 Å². The molecule has 2 heterocycles. The molecule has 0 atom stereocenters. The summed E-state index contributed by atoms with van der Waals surface area (Å²) in [5.74, 6) is -0.533. The third-order valence-corrected chi connectivity index (χ3v) is 3.83. The predicted octanol–water partition coefficient (Wildman–Crippen LogP) is 3.70. The van der Waals surface area contributed by atoms with E-state index in [1.807, 2.05) is 24.3 Å². The second-order valence-corrected chi connectivity index (χ2v) is 5.30. The van der Waals surface area contributed by atoms with Crippen LogP contribution in [0.3, 0.4) is 0 Å². The number of hydrogen-bond acceptors (Lipinski definition) is 5. The molecule has 0 aliphatic carbocycles. The average molecular weight is 321 g/mol. The lowest BCUT2D eigenvalue weighted by molar-refractivity contribution is 0.381. The van der Waals surface area contributed by atoms with Crippen LogP contribution < -0.4 is 4.74 Å². The van der Waals surface area contributed by atoms with E-state index in [1.54, 1.807) is 6.07 Å². The molecule has 0 saturated carbocycles. The number of nitrogens with zero attached hydrogens (tertiary/aromatic N) is 3. The number of phenolic OH excluding ortho intramolecular Hbond substituents is 1.